The molecule has 2 unspecified atom stereocenters. The molecule has 0 aliphatic heterocycles. The van der Waals surface area contributed by atoms with E-state index in [2.05, 4.69) is 57.2 Å². The van der Waals surface area contributed by atoms with E-state index in [4.69, 9.17) is 0 Å². The largest absolute Gasteiger partial charge is 0.314 e. The molecule has 0 fully saturated rings. The maximum atomic E-state index is 4.58. The summed E-state index contributed by atoms with van der Waals surface area (Å²) in [5, 5.41) is 6.97. The van der Waals surface area contributed by atoms with Crippen molar-refractivity contribution in [3.05, 3.63) is 16.1 Å². The third-order valence-electron chi connectivity index (χ3n) is 3.73. The summed E-state index contributed by atoms with van der Waals surface area (Å²) in [4.78, 5) is 4.58. The number of likely N-dealkylation sites (N-methyl/N-ethyl adjacent to an activating group) is 1. The first-order chi connectivity index (χ1) is 8.32. The van der Waals surface area contributed by atoms with Gasteiger partial charge in [-0.3, -0.25) is 0 Å². The van der Waals surface area contributed by atoms with Gasteiger partial charge in [-0.05, 0) is 31.2 Å². The maximum absolute atomic E-state index is 4.58. The highest BCUT2D eigenvalue weighted by Crippen LogP contribution is 2.29. The molecule has 0 amide bonds. The Labute approximate surface area is 116 Å². The summed E-state index contributed by atoms with van der Waals surface area (Å²) < 4.78 is 0. The van der Waals surface area contributed by atoms with Gasteiger partial charge in [0.05, 0.1) is 10.7 Å². The fourth-order valence-electron chi connectivity index (χ4n) is 2.06. The van der Waals surface area contributed by atoms with Crippen LogP contribution in [0.1, 0.15) is 51.7 Å². The van der Waals surface area contributed by atoms with E-state index in [0.717, 1.165) is 13.0 Å². The number of thiazole rings is 1. The van der Waals surface area contributed by atoms with Crippen molar-refractivity contribution in [3.8, 4) is 0 Å². The highest BCUT2D eigenvalue weighted by Gasteiger charge is 2.23. The first-order valence-electron chi connectivity index (χ1n) is 6.97. The smallest absolute Gasteiger partial charge is 0.0897 e. The third-order valence-corrected chi connectivity index (χ3v) is 4.55. The minimum atomic E-state index is 0.381. The van der Waals surface area contributed by atoms with Gasteiger partial charge >= 0.3 is 0 Å². The van der Waals surface area contributed by atoms with E-state index in [1.54, 1.807) is 11.3 Å². The van der Waals surface area contributed by atoms with Gasteiger partial charge in [0.25, 0.3) is 0 Å². The van der Waals surface area contributed by atoms with Crippen LogP contribution in [0.2, 0.25) is 0 Å². The van der Waals surface area contributed by atoms with Crippen LogP contribution in [0.4, 0.5) is 0 Å². The summed E-state index contributed by atoms with van der Waals surface area (Å²) >= 11 is 1.75. The lowest BCUT2D eigenvalue weighted by Crippen LogP contribution is -2.35. The van der Waals surface area contributed by atoms with Gasteiger partial charge in [0, 0.05) is 17.8 Å². The number of hydrogen-bond donors (Lipinski definition) is 1. The van der Waals surface area contributed by atoms with Crippen LogP contribution >= 0.6 is 11.3 Å². The summed E-state index contributed by atoms with van der Waals surface area (Å²) in [5.41, 5.74) is 1.62. The summed E-state index contributed by atoms with van der Waals surface area (Å²) in [6, 6.07) is 0.547. The molecule has 1 aromatic heterocycles. The van der Waals surface area contributed by atoms with Gasteiger partial charge in [-0.2, -0.15) is 0 Å². The fraction of sp³-hybridized carbons (Fsp3) is 0.800. The molecular formula is C15H28N2S. The minimum Gasteiger partial charge on any atom is -0.314 e. The van der Waals surface area contributed by atoms with E-state index in [1.807, 2.05) is 0 Å². The molecule has 0 aromatic carbocycles. The lowest BCUT2D eigenvalue weighted by atomic mass is 9.78. The number of hydrogen-bond acceptors (Lipinski definition) is 3. The molecule has 104 valence electrons. The van der Waals surface area contributed by atoms with Crippen molar-refractivity contribution in [1.82, 2.24) is 10.3 Å². The monoisotopic (exact) mass is 268 g/mol. The number of aromatic nitrogens is 1. The Morgan fingerprint density at radius 2 is 2.06 bits per heavy atom. The second-order valence-corrected chi connectivity index (χ2v) is 7.38. The number of rotatable bonds is 6. The zero-order valence-corrected chi connectivity index (χ0v) is 13.5. The van der Waals surface area contributed by atoms with Gasteiger partial charge in [0.15, 0.2) is 0 Å². The second-order valence-electron chi connectivity index (χ2n) is 6.32. The molecule has 2 atom stereocenters. The summed E-state index contributed by atoms with van der Waals surface area (Å²) in [5.74, 6) is 0.710. The standard InChI is InChI=1S/C15H28N2S/c1-7-16-13(8-11(2)15(4,5)6)9-14-10-18-12(3)17-14/h10-11,13,16H,7-9H2,1-6H3. The van der Waals surface area contributed by atoms with E-state index in [9.17, 15) is 0 Å². The molecule has 2 nitrogen and oxygen atoms in total. The lowest BCUT2D eigenvalue weighted by molar-refractivity contribution is 0.222. The molecule has 1 aromatic rings. The molecule has 0 spiro atoms. The van der Waals surface area contributed by atoms with E-state index in [-0.39, 0.29) is 0 Å². The first-order valence-corrected chi connectivity index (χ1v) is 7.85. The van der Waals surface area contributed by atoms with E-state index < -0.39 is 0 Å². The van der Waals surface area contributed by atoms with Crippen LogP contribution in [-0.4, -0.2) is 17.6 Å². The molecule has 0 aliphatic carbocycles. The van der Waals surface area contributed by atoms with Gasteiger partial charge in [-0.25, -0.2) is 4.98 Å². The molecule has 0 saturated carbocycles. The SMILES string of the molecule is CCNC(Cc1csc(C)n1)CC(C)C(C)(C)C. The van der Waals surface area contributed by atoms with Gasteiger partial charge in [-0.1, -0.05) is 34.6 Å². The molecule has 1 heterocycles. The van der Waals surface area contributed by atoms with Crippen molar-refractivity contribution in [2.75, 3.05) is 6.54 Å². The quantitative estimate of drug-likeness (QED) is 0.842. The van der Waals surface area contributed by atoms with Crippen LogP contribution in [0.5, 0.6) is 0 Å². The zero-order valence-electron chi connectivity index (χ0n) is 12.7. The lowest BCUT2D eigenvalue weighted by Gasteiger charge is -2.31. The predicted molar refractivity (Wildman–Crippen MR) is 81.3 cm³/mol. The number of nitrogens with zero attached hydrogens (tertiary/aromatic N) is 1. The predicted octanol–water partition coefficient (Wildman–Crippen LogP) is 4.04. The van der Waals surface area contributed by atoms with Crippen LogP contribution < -0.4 is 5.32 Å². The van der Waals surface area contributed by atoms with Gasteiger partial charge < -0.3 is 5.32 Å². The highest BCUT2D eigenvalue weighted by atomic mass is 32.1. The molecule has 0 radical (unpaired) electrons. The Morgan fingerprint density at radius 1 is 1.39 bits per heavy atom. The second kappa shape index (κ2) is 6.67. The molecule has 0 bridgehead atoms. The van der Waals surface area contributed by atoms with Crippen LogP contribution in [0.25, 0.3) is 0 Å². The minimum absolute atomic E-state index is 0.381. The van der Waals surface area contributed by atoms with Crippen molar-refractivity contribution < 1.29 is 0 Å². The molecule has 3 heteroatoms. The molecule has 1 rings (SSSR count). The molecular weight excluding hydrogens is 240 g/mol. The van der Waals surface area contributed by atoms with E-state index in [1.165, 1.54) is 17.1 Å². The Balaban J connectivity index is 2.60. The van der Waals surface area contributed by atoms with Crippen molar-refractivity contribution >= 4 is 11.3 Å². The fourth-order valence-corrected chi connectivity index (χ4v) is 2.69. The maximum Gasteiger partial charge on any atom is 0.0897 e. The van der Waals surface area contributed by atoms with Crippen LogP contribution in [0.3, 0.4) is 0 Å². The number of aryl methyl sites for hydroxylation is 1. The number of nitrogens with one attached hydrogen (secondary N) is 1. The van der Waals surface area contributed by atoms with Crippen molar-refractivity contribution in [2.24, 2.45) is 11.3 Å². The van der Waals surface area contributed by atoms with Crippen LogP contribution in [0, 0.1) is 18.3 Å². The van der Waals surface area contributed by atoms with Crippen LogP contribution in [0.15, 0.2) is 5.38 Å². The average molecular weight is 268 g/mol. The van der Waals surface area contributed by atoms with Gasteiger partial charge in [0.2, 0.25) is 0 Å². The van der Waals surface area contributed by atoms with Crippen molar-refractivity contribution in [1.29, 1.82) is 0 Å². The molecule has 18 heavy (non-hydrogen) atoms. The third kappa shape index (κ3) is 5.07. The van der Waals surface area contributed by atoms with Crippen molar-refractivity contribution in [3.63, 3.8) is 0 Å². The molecule has 1 N–H and O–H groups in total. The van der Waals surface area contributed by atoms with Crippen LogP contribution in [-0.2, 0) is 6.42 Å². The first kappa shape index (κ1) is 15.6. The van der Waals surface area contributed by atoms with Crippen molar-refractivity contribution in [2.45, 2.75) is 60.4 Å². The average Bonchev–Trinajstić information content (AvgIpc) is 2.62. The Morgan fingerprint density at radius 3 is 2.50 bits per heavy atom. The molecule has 0 aliphatic rings. The highest BCUT2D eigenvalue weighted by molar-refractivity contribution is 7.09. The summed E-state index contributed by atoms with van der Waals surface area (Å²) in [6.07, 6.45) is 2.27. The van der Waals surface area contributed by atoms with E-state index >= 15 is 0 Å². The Bertz CT molecular complexity index is 352. The summed E-state index contributed by atoms with van der Waals surface area (Å²) in [7, 11) is 0. The van der Waals surface area contributed by atoms with Gasteiger partial charge in [-0.15, -0.1) is 11.3 Å². The Kier molecular flexibility index (Phi) is 5.80. The summed E-state index contributed by atoms with van der Waals surface area (Å²) in [6.45, 7) is 14.6. The normalized spacial score (nSPS) is 15.7. The Hall–Kier alpha value is -0.410. The molecule has 0 saturated heterocycles. The topological polar surface area (TPSA) is 24.9 Å². The zero-order chi connectivity index (χ0) is 13.8. The van der Waals surface area contributed by atoms with Gasteiger partial charge in [0.1, 0.15) is 0 Å². The van der Waals surface area contributed by atoms with E-state index in [0.29, 0.717) is 17.4 Å².